The van der Waals surface area contributed by atoms with Gasteiger partial charge in [-0.1, -0.05) is 0 Å². The Morgan fingerprint density at radius 3 is 3.08 bits per heavy atom. The van der Waals surface area contributed by atoms with E-state index >= 15 is 0 Å². The molecule has 0 unspecified atom stereocenters. The van der Waals surface area contributed by atoms with Crippen LogP contribution in [0.15, 0.2) is 18.3 Å². The third-order valence-corrected chi connectivity index (χ3v) is 6.86. The second kappa shape index (κ2) is 7.08. The maximum atomic E-state index is 12.7. The Labute approximate surface area is 157 Å². The summed E-state index contributed by atoms with van der Waals surface area (Å²) in [4.78, 5) is 33.1. The minimum absolute atomic E-state index is 0.0683. The maximum Gasteiger partial charge on any atom is 0.243 e. The van der Waals surface area contributed by atoms with Crippen molar-refractivity contribution in [1.29, 1.82) is 0 Å². The van der Waals surface area contributed by atoms with Gasteiger partial charge in [0, 0.05) is 38.0 Å². The number of pyridine rings is 1. The third-order valence-electron chi connectivity index (χ3n) is 5.36. The molecule has 3 saturated heterocycles. The fourth-order valence-corrected chi connectivity index (χ4v) is 5.29. The summed E-state index contributed by atoms with van der Waals surface area (Å²) in [5.41, 5.74) is 1.01. The van der Waals surface area contributed by atoms with E-state index in [0.29, 0.717) is 31.9 Å². The standard InChI is InChI=1S/C18H24N4O3S/c1-18-4-2-16(23)22(18)14(12-26-18)17(24)20-11-13-3-5-19-15(10-13)21-6-8-25-9-7-21/h3,5,10,14H,2,4,6-9,11-12H2,1H3,(H,20,24)/t14-,18+/m1/s1. The Morgan fingerprint density at radius 1 is 1.46 bits per heavy atom. The molecular weight excluding hydrogens is 352 g/mol. The van der Waals surface area contributed by atoms with Crippen LogP contribution in [-0.2, 0) is 20.9 Å². The lowest BCUT2D eigenvalue weighted by Gasteiger charge is -2.30. The lowest BCUT2D eigenvalue weighted by molar-refractivity contribution is -0.138. The van der Waals surface area contributed by atoms with E-state index in [4.69, 9.17) is 4.74 Å². The molecule has 4 rings (SSSR count). The molecule has 4 heterocycles. The highest BCUT2D eigenvalue weighted by atomic mass is 32.2. The summed E-state index contributed by atoms with van der Waals surface area (Å²) in [5, 5.41) is 3.00. The molecule has 140 valence electrons. The molecule has 2 atom stereocenters. The number of carbonyl (C=O) groups is 2. The van der Waals surface area contributed by atoms with Gasteiger partial charge in [-0.15, -0.1) is 11.8 Å². The summed E-state index contributed by atoms with van der Waals surface area (Å²) in [7, 11) is 0. The average Bonchev–Trinajstić information content (AvgIpc) is 3.17. The van der Waals surface area contributed by atoms with Crippen molar-refractivity contribution in [1.82, 2.24) is 15.2 Å². The number of carbonyl (C=O) groups excluding carboxylic acids is 2. The van der Waals surface area contributed by atoms with Gasteiger partial charge in [0.05, 0.1) is 18.1 Å². The molecule has 0 spiro atoms. The maximum absolute atomic E-state index is 12.7. The van der Waals surface area contributed by atoms with Gasteiger partial charge in [0.2, 0.25) is 11.8 Å². The van der Waals surface area contributed by atoms with E-state index < -0.39 is 0 Å². The Balaban J connectivity index is 1.38. The molecule has 8 heteroatoms. The molecule has 0 radical (unpaired) electrons. The Bertz CT molecular complexity index is 709. The predicted octanol–water partition coefficient (Wildman–Crippen LogP) is 0.988. The first-order valence-electron chi connectivity index (χ1n) is 9.08. The van der Waals surface area contributed by atoms with E-state index in [1.807, 2.05) is 12.1 Å². The molecule has 1 aromatic rings. The number of fused-ring (bicyclic) bond motifs is 1. The van der Waals surface area contributed by atoms with Crippen molar-refractivity contribution in [3.05, 3.63) is 23.9 Å². The highest BCUT2D eigenvalue weighted by Crippen LogP contribution is 2.47. The average molecular weight is 376 g/mol. The number of nitrogens with one attached hydrogen (secondary N) is 1. The summed E-state index contributed by atoms with van der Waals surface area (Å²) in [6.45, 7) is 5.59. The molecule has 0 saturated carbocycles. The lowest BCUT2D eigenvalue weighted by Crippen LogP contribution is -2.49. The molecular formula is C18H24N4O3S. The zero-order valence-electron chi connectivity index (χ0n) is 14.9. The number of nitrogens with zero attached hydrogens (tertiary/aromatic N) is 3. The fourth-order valence-electron chi connectivity index (χ4n) is 3.86. The summed E-state index contributed by atoms with van der Waals surface area (Å²) < 4.78 is 5.38. The number of rotatable bonds is 4. The molecule has 3 fully saturated rings. The predicted molar refractivity (Wildman–Crippen MR) is 99.8 cm³/mol. The quantitative estimate of drug-likeness (QED) is 0.845. The van der Waals surface area contributed by atoms with Crippen molar-refractivity contribution in [2.24, 2.45) is 0 Å². The van der Waals surface area contributed by atoms with Crippen LogP contribution in [0.1, 0.15) is 25.3 Å². The lowest BCUT2D eigenvalue weighted by atomic mass is 10.2. The Morgan fingerprint density at radius 2 is 2.27 bits per heavy atom. The molecule has 0 bridgehead atoms. The largest absolute Gasteiger partial charge is 0.378 e. The van der Waals surface area contributed by atoms with Gasteiger partial charge >= 0.3 is 0 Å². The number of hydrogen-bond acceptors (Lipinski definition) is 6. The van der Waals surface area contributed by atoms with Crippen molar-refractivity contribution in [2.45, 2.75) is 37.2 Å². The van der Waals surface area contributed by atoms with Crippen LogP contribution in [0.5, 0.6) is 0 Å². The topological polar surface area (TPSA) is 74.8 Å². The van der Waals surface area contributed by atoms with Crippen molar-refractivity contribution in [3.8, 4) is 0 Å². The molecule has 3 aliphatic rings. The highest BCUT2D eigenvalue weighted by molar-refractivity contribution is 8.01. The van der Waals surface area contributed by atoms with Crippen molar-refractivity contribution >= 4 is 29.4 Å². The van der Waals surface area contributed by atoms with Gasteiger partial charge in [-0.2, -0.15) is 0 Å². The normalized spacial score (nSPS) is 28.3. The van der Waals surface area contributed by atoms with Crippen molar-refractivity contribution in [2.75, 3.05) is 37.0 Å². The Kier molecular flexibility index (Phi) is 4.79. The molecule has 0 aromatic carbocycles. The number of amides is 2. The number of ether oxygens (including phenoxy) is 1. The smallest absolute Gasteiger partial charge is 0.243 e. The second-order valence-electron chi connectivity index (χ2n) is 7.11. The second-order valence-corrected chi connectivity index (χ2v) is 8.61. The van der Waals surface area contributed by atoms with Crippen molar-refractivity contribution < 1.29 is 14.3 Å². The van der Waals surface area contributed by atoms with Crippen molar-refractivity contribution in [3.63, 3.8) is 0 Å². The minimum atomic E-state index is -0.361. The van der Waals surface area contributed by atoms with Gasteiger partial charge in [0.25, 0.3) is 0 Å². The number of anilines is 1. The van der Waals surface area contributed by atoms with Gasteiger partial charge < -0.3 is 19.9 Å². The minimum Gasteiger partial charge on any atom is -0.378 e. The molecule has 0 aliphatic carbocycles. The first kappa shape index (κ1) is 17.6. The van der Waals surface area contributed by atoms with Gasteiger partial charge in [-0.05, 0) is 31.0 Å². The van der Waals surface area contributed by atoms with Crippen LogP contribution in [0.4, 0.5) is 5.82 Å². The number of thioether (sulfide) groups is 1. The monoisotopic (exact) mass is 376 g/mol. The first-order valence-corrected chi connectivity index (χ1v) is 10.1. The van der Waals surface area contributed by atoms with E-state index in [2.05, 4.69) is 22.1 Å². The molecule has 1 N–H and O–H groups in total. The van der Waals surface area contributed by atoms with Crippen LogP contribution in [0.25, 0.3) is 0 Å². The van der Waals surface area contributed by atoms with E-state index in [1.165, 1.54) is 0 Å². The van der Waals surface area contributed by atoms with Crippen LogP contribution in [0.3, 0.4) is 0 Å². The summed E-state index contributed by atoms with van der Waals surface area (Å²) >= 11 is 1.71. The number of aromatic nitrogens is 1. The summed E-state index contributed by atoms with van der Waals surface area (Å²) in [6.07, 6.45) is 3.15. The SMILES string of the molecule is C[C@]12CCC(=O)N1[C@@H](C(=O)NCc1ccnc(N3CCOCC3)c1)CS2. The van der Waals surface area contributed by atoms with E-state index in [0.717, 1.165) is 30.9 Å². The number of morpholine rings is 1. The highest BCUT2D eigenvalue weighted by Gasteiger charge is 2.52. The van der Waals surface area contributed by atoms with Crippen LogP contribution in [-0.4, -0.2) is 64.7 Å². The zero-order valence-corrected chi connectivity index (χ0v) is 15.8. The third kappa shape index (κ3) is 3.27. The van der Waals surface area contributed by atoms with E-state index in [-0.39, 0.29) is 22.7 Å². The fraction of sp³-hybridized carbons (Fsp3) is 0.611. The Hall–Kier alpha value is -1.80. The molecule has 2 amide bonds. The van der Waals surface area contributed by atoms with E-state index in [9.17, 15) is 9.59 Å². The van der Waals surface area contributed by atoms with Gasteiger partial charge in [-0.3, -0.25) is 9.59 Å². The van der Waals surface area contributed by atoms with Gasteiger partial charge in [0.15, 0.2) is 0 Å². The van der Waals surface area contributed by atoms with Crippen LogP contribution < -0.4 is 10.2 Å². The zero-order chi connectivity index (χ0) is 18.1. The molecule has 1 aromatic heterocycles. The van der Waals surface area contributed by atoms with Crippen LogP contribution >= 0.6 is 11.8 Å². The molecule has 3 aliphatic heterocycles. The molecule has 26 heavy (non-hydrogen) atoms. The van der Waals surface area contributed by atoms with E-state index in [1.54, 1.807) is 22.9 Å². The number of hydrogen-bond donors (Lipinski definition) is 1. The van der Waals surface area contributed by atoms with Gasteiger partial charge in [0.1, 0.15) is 11.9 Å². The van der Waals surface area contributed by atoms with Gasteiger partial charge in [-0.25, -0.2) is 4.98 Å². The summed E-state index contributed by atoms with van der Waals surface area (Å²) in [6, 6.07) is 3.57. The van der Waals surface area contributed by atoms with Crippen LogP contribution in [0.2, 0.25) is 0 Å². The van der Waals surface area contributed by atoms with Crippen LogP contribution in [0, 0.1) is 0 Å². The first-order chi connectivity index (χ1) is 12.6. The summed E-state index contributed by atoms with van der Waals surface area (Å²) in [5.74, 6) is 1.61. The molecule has 7 nitrogen and oxygen atoms in total.